The maximum absolute atomic E-state index is 13.2. The van der Waals surface area contributed by atoms with Gasteiger partial charge >= 0.3 is 0 Å². The first kappa shape index (κ1) is 11.2. The van der Waals surface area contributed by atoms with Gasteiger partial charge in [0.25, 0.3) is 0 Å². The second-order valence-electron chi connectivity index (χ2n) is 3.83. The minimum absolute atomic E-state index is 0.277. The Morgan fingerprint density at radius 1 is 1.33 bits per heavy atom. The van der Waals surface area contributed by atoms with E-state index < -0.39 is 0 Å². The van der Waals surface area contributed by atoms with Gasteiger partial charge in [0.2, 0.25) is 0 Å². The molecule has 1 fully saturated rings. The molecule has 0 radical (unpaired) electrons. The molecule has 4 heteroatoms. The molecule has 15 heavy (non-hydrogen) atoms. The third-order valence-electron chi connectivity index (χ3n) is 2.76. The predicted molar refractivity (Wildman–Crippen MR) is 61.3 cm³/mol. The molecule has 1 saturated heterocycles. The fourth-order valence-electron chi connectivity index (χ4n) is 1.99. The van der Waals surface area contributed by atoms with Crippen LogP contribution in [0, 0.1) is 5.82 Å². The lowest BCUT2D eigenvalue weighted by Crippen LogP contribution is -2.28. The molecule has 1 unspecified atom stereocenters. The van der Waals surface area contributed by atoms with Crippen LogP contribution in [0.2, 0.25) is 10.0 Å². The van der Waals surface area contributed by atoms with Gasteiger partial charge in [-0.15, -0.1) is 0 Å². The minimum Gasteiger partial charge on any atom is -0.316 e. The second kappa shape index (κ2) is 4.69. The van der Waals surface area contributed by atoms with Gasteiger partial charge in [0.05, 0.1) is 10.0 Å². The van der Waals surface area contributed by atoms with E-state index in [-0.39, 0.29) is 11.7 Å². The molecule has 1 nitrogen and oxygen atoms in total. The summed E-state index contributed by atoms with van der Waals surface area (Å²) in [6.45, 7) is 1.87. The molecule has 1 aliphatic rings. The van der Waals surface area contributed by atoms with Gasteiger partial charge in [0, 0.05) is 6.54 Å². The van der Waals surface area contributed by atoms with E-state index >= 15 is 0 Å². The van der Waals surface area contributed by atoms with Crippen molar-refractivity contribution in [3.63, 3.8) is 0 Å². The summed E-state index contributed by atoms with van der Waals surface area (Å²) < 4.78 is 13.2. The molecule has 0 bridgehead atoms. The van der Waals surface area contributed by atoms with Crippen LogP contribution in [0.1, 0.15) is 24.3 Å². The largest absolute Gasteiger partial charge is 0.316 e. The SMILES string of the molecule is Fc1cc(Cl)c(Cl)c(C2CCCNC2)c1. The Hall–Kier alpha value is -0.310. The highest BCUT2D eigenvalue weighted by atomic mass is 35.5. The molecule has 0 aromatic heterocycles. The van der Waals surface area contributed by atoms with E-state index in [0.29, 0.717) is 10.0 Å². The highest BCUT2D eigenvalue weighted by molar-refractivity contribution is 6.42. The van der Waals surface area contributed by atoms with Crippen molar-refractivity contribution in [3.8, 4) is 0 Å². The number of halogens is 3. The molecule has 2 rings (SSSR count). The van der Waals surface area contributed by atoms with Gasteiger partial charge in [0.15, 0.2) is 0 Å². The van der Waals surface area contributed by atoms with Crippen LogP contribution in [-0.2, 0) is 0 Å². The Kier molecular flexibility index (Phi) is 3.49. The Bertz CT molecular complexity index is 362. The van der Waals surface area contributed by atoms with Crippen LogP contribution in [0.4, 0.5) is 4.39 Å². The molecule has 82 valence electrons. The van der Waals surface area contributed by atoms with Gasteiger partial charge in [-0.05, 0) is 43.0 Å². The van der Waals surface area contributed by atoms with Crippen LogP contribution in [-0.4, -0.2) is 13.1 Å². The van der Waals surface area contributed by atoms with Crippen LogP contribution >= 0.6 is 23.2 Å². The van der Waals surface area contributed by atoms with Gasteiger partial charge in [-0.3, -0.25) is 0 Å². The standard InChI is InChI=1S/C11H12Cl2FN/c12-10-5-8(14)4-9(11(10)13)7-2-1-3-15-6-7/h4-5,7,15H,1-3,6H2. The first-order valence-corrected chi connectivity index (χ1v) is 5.79. The monoisotopic (exact) mass is 247 g/mol. The van der Waals surface area contributed by atoms with Gasteiger partial charge < -0.3 is 5.32 Å². The molecular formula is C11H12Cl2FN. The fraction of sp³-hybridized carbons (Fsp3) is 0.455. The molecule has 0 spiro atoms. The summed E-state index contributed by atoms with van der Waals surface area (Å²) in [7, 11) is 0. The van der Waals surface area contributed by atoms with E-state index in [2.05, 4.69) is 5.32 Å². The first-order valence-electron chi connectivity index (χ1n) is 5.03. The van der Waals surface area contributed by atoms with Crippen LogP contribution in [0.15, 0.2) is 12.1 Å². The third kappa shape index (κ3) is 2.44. The molecule has 0 amide bonds. The highest BCUT2D eigenvalue weighted by Crippen LogP contribution is 2.34. The molecule has 1 aliphatic heterocycles. The molecular weight excluding hydrogens is 236 g/mol. The smallest absolute Gasteiger partial charge is 0.125 e. The molecule has 0 aliphatic carbocycles. The van der Waals surface area contributed by atoms with Crippen molar-refractivity contribution < 1.29 is 4.39 Å². The van der Waals surface area contributed by atoms with Crippen LogP contribution in [0.3, 0.4) is 0 Å². The summed E-state index contributed by atoms with van der Waals surface area (Å²) in [6.07, 6.45) is 2.13. The summed E-state index contributed by atoms with van der Waals surface area (Å²) >= 11 is 11.9. The number of nitrogens with one attached hydrogen (secondary N) is 1. The van der Waals surface area contributed by atoms with Crippen molar-refractivity contribution in [3.05, 3.63) is 33.6 Å². The summed E-state index contributed by atoms with van der Waals surface area (Å²) in [5, 5.41) is 4.07. The lowest BCUT2D eigenvalue weighted by atomic mass is 9.91. The van der Waals surface area contributed by atoms with Crippen molar-refractivity contribution in [2.24, 2.45) is 0 Å². The summed E-state index contributed by atoms with van der Waals surface area (Å²) in [4.78, 5) is 0. The van der Waals surface area contributed by atoms with E-state index in [1.807, 2.05) is 0 Å². The average molecular weight is 248 g/mol. The van der Waals surface area contributed by atoms with Crippen molar-refractivity contribution in [1.82, 2.24) is 5.32 Å². The lowest BCUT2D eigenvalue weighted by molar-refractivity contribution is 0.460. The minimum atomic E-state index is -0.315. The van der Waals surface area contributed by atoms with Crippen molar-refractivity contribution in [2.45, 2.75) is 18.8 Å². The highest BCUT2D eigenvalue weighted by Gasteiger charge is 2.19. The zero-order chi connectivity index (χ0) is 10.8. The van der Waals surface area contributed by atoms with Gasteiger partial charge in [-0.25, -0.2) is 4.39 Å². The van der Waals surface area contributed by atoms with Gasteiger partial charge in [0.1, 0.15) is 5.82 Å². The third-order valence-corrected chi connectivity index (χ3v) is 3.57. The Balaban J connectivity index is 2.33. The number of hydrogen-bond donors (Lipinski definition) is 1. The second-order valence-corrected chi connectivity index (χ2v) is 4.62. The number of hydrogen-bond acceptors (Lipinski definition) is 1. The first-order chi connectivity index (χ1) is 7.18. The number of benzene rings is 1. The van der Waals surface area contributed by atoms with E-state index in [0.717, 1.165) is 31.5 Å². The van der Waals surface area contributed by atoms with E-state index in [1.165, 1.54) is 12.1 Å². The summed E-state index contributed by atoms with van der Waals surface area (Å²) in [6, 6.07) is 2.75. The normalized spacial score (nSPS) is 21.7. The topological polar surface area (TPSA) is 12.0 Å². The van der Waals surface area contributed by atoms with E-state index in [1.54, 1.807) is 0 Å². The zero-order valence-corrected chi connectivity index (χ0v) is 9.71. The maximum Gasteiger partial charge on any atom is 0.125 e. The Morgan fingerprint density at radius 2 is 2.13 bits per heavy atom. The number of rotatable bonds is 1. The zero-order valence-electron chi connectivity index (χ0n) is 8.19. The quantitative estimate of drug-likeness (QED) is 0.749. The van der Waals surface area contributed by atoms with Crippen LogP contribution < -0.4 is 5.32 Å². The molecule has 1 aromatic carbocycles. The lowest BCUT2D eigenvalue weighted by Gasteiger charge is -2.24. The molecule has 1 aromatic rings. The maximum atomic E-state index is 13.2. The molecule has 1 N–H and O–H groups in total. The van der Waals surface area contributed by atoms with Crippen molar-refractivity contribution in [2.75, 3.05) is 13.1 Å². The Morgan fingerprint density at radius 3 is 2.80 bits per heavy atom. The van der Waals surface area contributed by atoms with E-state index in [9.17, 15) is 4.39 Å². The van der Waals surface area contributed by atoms with Crippen molar-refractivity contribution in [1.29, 1.82) is 0 Å². The average Bonchev–Trinajstić information content (AvgIpc) is 2.24. The predicted octanol–water partition coefficient (Wildman–Crippen LogP) is 3.60. The molecule has 1 atom stereocenters. The number of piperidine rings is 1. The van der Waals surface area contributed by atoms with E-state index in [4.69, 9.17) is 23.2 Å². The van der Waals surface area contributed by atoms with Crippen molar-refractivity contribution >= 4 is 23.2 Å². The summed E-state index contributed by atoms with van der Waals surface area (Å²) in [5.41, 5.74) is 0.828. The summed E-state index contributed by atoms with van der Waals surface area (Å²) in [5.74, 6) is -0.0376. The van der Waals surface area contributed by atoms with Gasteiger partial charge in [-0.1, -0.05) is 23.2 Å². The van der Waals surface area contributed by atoms with Crippen LogP contribution in [0.5, 0.6) is 0 Å². The fourth-order valence-corrected chi connectivity index (χ4v) is 2.47. The molecule has 0 saturated carbocycles. The van der Waals surface area contributed by atoms with Gasteiger partial charge in [-0.2, -0.15) is 0 Å². The molecule has 1 heterocycles. The Labute approximate surface area is 98.6 Å². The van der Waals surface area contributed by atoms with Crippen LogP contribution in [0.25, 0.3) is 0 Å².